The Morgan fingerprint density at radius 2 is 1.79 bits per heavy atom. The maximum Gasteiger partial charge on any atom is 0.229 e. The highest BCUT2D eigenvalue weighted by Crippen LogP contribution is 2.33. The van der Waals surface area contributed by atoms with Gasteiger partial charge in [0.2, 0.25) is 6.29 Å². The van der Waals surface area contributed by atoms with Gasteiger partial charge in [0, 0.05) is 6.42 Å². The van der Waals surface area contributed by atoms with Crippen LogP contribution in [-0.4, -0.2) is 76.7 Å². The summed E-state index contributed by atoms with van der Waals surface area (Å²) < 4.78 is 22.1. The van der Waals surface area contributed by atoms with Crippen LogP contribution in [0.4, 0.5) is 0 Å². The van der Waals surface area contributed by atoms with Gasteiger partial charge < -0.3 is 39.4 Å². The van der Waals surface area contributed by atoms with Gasteiger partial charge in [-0.1, -0.05) is 23.7 Å². The molecule has 0 bridgehead atoms. The zero-order valence-corrected chi connectivity index (χ0v) is 18.4. The molecule has 0 saturated carbocycles. The first kappa shape index (κ1) is 23.7. The third-order valence-electron chi connectivity index (χ3n) is 5.59. The molecule has 0 spiro atoms. The standard InChI is InChI=1S/C23H25ClO9/c24-13-2-1-3-16(32-23-22(29)21(28)20(27)18(11-25)33-23)19(13)14(26)6-4-12-5-7-15-17(10-12)31-9-8-30-15/h1-3,5,7,10,18,20-23,25,27-29H,4,6,8-9,11H2/t18-,20-,21+,22-,23-/m1/s1. The number of benzene rings is 2. The summed E-state index contributed by atoms with van der Waals surface area (Å²) in [5, 5.41) is 39.7. The van der Waals surface area contributed by atoms with Crippen molar-refractivity contribution in [1.82, 2.24) is 0 Å². The highest BCUT2D eigenvalue weighted by molar-refractivity contribution is 6.34. The van der Waals surface area contributed by atoms with Crippen LogP contribution in [0.2, 0.25) is 5.02 Å². The number of ketones is 1. The van der Waals surface area contributed by atoms with E-state index < -0.39 is 37.3 Å². The van der Waals surface area contributed by atoms with E-state index in [0.29, 0.717) is 31.1 Å². The molecule has 10 heteroatoms. The number of Topliss-reactive ketones (excluding diaryl/α,β-unsaturated/α-hetero) is 1. The molecule has 1 fully saturated rings. The molecule has 2 aromatic rings. The van der Waals surface area contributed by atoms with Crippen molar-refractivity contribution in [3.05, 3.63) is 52.5 Å². The van der Waals surface area contributed by atoms with E-state index in [1.165, 1.54) is 6.07 Å². The maximum absolute atomic E-state index is 13.1. The lowest BCUT2D eigenvalue weighted by Gasteiger charge is -2.39. The number of fused-ring (bicyclic) bond motifs is 1. The monoisotopic (exact) mass is 480 g/mol. The van der Waals surface area contributed by atoms with Crippen molar-refractivity contribution in [3.8, 4) is 17.2 Å². The number of hydrogen-bond donors (Lipinski definition) is 4. The van der Waals surface area contributed by atoms with Gasteiger partial charge in [-0.15, -0.1) is 0 Å². The predicted molar refractivity (Wildman–Crippen MR) is 116 cm³/mol. The second kappa shape index (κ2) is 10.3. The minimum Gasteiger partial charge on any atom is -0.486 e. The van der Waals surface area contributed by atoms with Crippen LogP contribution >= 0.6 is 11.6 Å². The molecule has 5 atom stereocenters. The predicted octanol–water partition coefficient (Wildman–Crippen LogP) is 1.11. The fourth-order valence-electron chi connectivity index (χ4n) is 3.79. The van der Waals surface area contributed by atoms with Gasteiger partial charge in [-0.25, -0.2) is 0 Å². The van der Waals surface area contributed by atoms with E-state index in [-0.39, 0.29) is 28.5 Å². The molecule has 0 unspecified atom stereocenters. The fourth-order valence-corrected chi connectivity index (χ4v) is 4.06. The van der Waals surface area contributed by atoms with Crippen LogP contribution in [0.25, 0.3) is 0 Å². The van der Waals surface area contributed by atoms with Crippen molar-refractivity contribution in [1.29, 1.82) is 0 Å². The minimum atomic E-state index is -1.61. The number of aliphatic hydroxyl groups excluding tert-OH is 4. The Bertz CT molecular complexity index is 996. The van der Waals surface area contributed by atoms with Gasteiger partial charge >= 0.3 is 0 Å². The SMILES string of the molecule is O=C(CCc1ccc2c(c1)OCCO2)c1c(Cl)cccc1O[C@@H]1O[C@H](CO)[C@@H](O)[C@H](O)[C@H]1O. The number of hydrogen-bond acceptors (Lipinski definition) is 9. The first-order chi connectivity index (χ1) is 15.9. The number of aryl methyl sites for hydroxylation is 1. The number of carbonyl (C=O) groups excluding carboxylic acids is 1. The summed E-state index contributed by atoms with van der Waals surface area (Å²) in [7, 11) is 0. The third kappa shape index (κ3) is 5.08. The van der Waals surface area contributed by atoms with Crippen LogP contribution in [0.5, 0.6) is 17.2 Å². The molecule has 2 aliphatic rings. The lowest BCUT2D eigenvalue weighted by atomic mass is 9.99. The Morgan fingerprint density at radius 3 is 2.55 bits per heavy atom. The molecule has 2 aromatic carbocycles. The van der Waals surface area contributed by atoms with E-state index in [2.05, 4.69) is 0 Å². The molecule has 2 aliphatic heterocycles. The Balaban J connectivity index is 1.49. The maximum atomic E-state index is 13.1. The average Bonchev–Trinajstić information content (AvgIpc) is 2.82. The Morgan fingerprint density at radius 1 is 1.03 bits per heavy atom. The lowest BCUT2D eigenvalue weighted by Crippen LogP contribution is -2.60. The summed E-state index contributed by atoms with van der Waals surface area (Å²) in [5.74, 6) is 1.06. The van der Waals surface area contributed by atoms with Crippen LogP contribution in [0, 0.1) is 0 Å². The Hall–Kier alpha value is -2.40. The van der Waals surface area contributed by atoms with Crippen molar-refractivity contribution in [2.45, 2.75) is 43.5 Å². The Kier molecular flexibility index (Phi) is 7.38. The zero-order chi connectivity index (χ0) is 23.5. The van der Waals surface area contributed by atoms with Crippen LogP contribution in [-0.2, 0) is 11.2 Å². The normalized spacial score (nSPS) is 26.6. The summed E-state index contributed by atoms with van der Waals surface area (Å²) in [5.41, 5.74) is 0.990. The molecule has 4 N–H and O–H groups in total. The topological polar surface area (TPSA) is 135 Å². The van der Waals surface area contributed by atoms with Gasteiger partial charge in [-0.2, -0.15) is 0 Å². The van der Waals surface area contributed by atoms with E-state index >= 15 is 0 Å². The van der Waals surface area contributed by atoms with E-state index in [0.717, 1.165) is 5.56 Å². The second-order valence-corrected chi connectivity index (χ2v) is 8.24. The van der Waals surface area contributed by atoms with Gasteiger partial charge in [-0.3, -0.25) is 4.79 Å². The summed E-state index contributed by atoms with van der Waals surface area (Å²) in [6, 6.07) is 10.1. The van der Waals surface area contributed by atoms with Crippen molar-refractivity contribution in [2.75, 3.05) is 19.8 Å². The molecule has 178 valence electrons. The van der Waals surface area contributed by atoms with Gasteiger partial charge in [0.15, 0.2) is 17.3 Å². The molecule has 0 aliphatic carbocycles. The first-order valence-corrected chi connectivity index (χ1v) is 10.9. The number of halogens is 1. The van der Waals surface area contributed by atoms with E-state index in [1.54, 1.807) is 18.2 Å². The summed E-state index contributed by atoms with van der Waals surface area (Å²) in [6.45, 7) is 0.365. The van der Waals surface area contributed by atoms with E-state index in [4.69, 9.17) is 30.5 Å². The number of ether oxygens (including phenoxy) is 4. The zero-order valence-electron chi connectivity index (χ0n) is 17.6. The Labute approximate surface area is 195 Å². The smallest absolute Gasteiger partial charge is 0.229 e. The van der Waals surface area contributed by atoms with Gasteiger partial charge in [-0.05, 0) is 36.2 Å². The highest BCUT2D eigenvalue weighted by atomic mass is 35.5. The molecular formula is C23H25ClO9. The molecule has 33 heavy (non-hydrogen) atoms. The largest absolute Gasteiger partial charge is 0.486 e. The third-order valence-corrected chi connectivity index (χ3v) is 5.91. The molecule has 0 radical (unpaired) electrons. The highest BCUT2D eigenvalue weighted by Gasteiger charge is 2.45. The molecule has 4 rings (SSSR count). The van der Waals surface area contributed by atoms with Gasteiger partial charge in [0.1, 0.15) is 43.4 Å². The first-order valence-electron chi connectivity index (χ1n) is 10.6. The molecule has 9 nitrogen and oxygen atoms in total. The van der Waals surface area contributed by atoms with Crippen LogP contribution in [0.1, 0.15) is 22.3 Å². The van der Waals surface area contributed by atoms with Crippen molar-refractivity contribution >= 4 is 17.4 Å². The summed E-state index contributed by atoms with van der Waals surface area (Å²) in [4.78, 5) is 13.1. The molecular weight excluding hydrogens is 456 g/mol. The average molecular weight is 481 g/mol. The molecule has 0 aromatic heterocycles. The lowest BCUT2D eigenvalue weighted by molar-refractivity contribution is -0.277. The molecule has 2 heterocycles. The second-order valence-electron chi connectivity index (χ2n) is 7.83. The van der Waals surface area contributed by atoms with Gasteiger partial charge in [0.05, 0.1) is 17.2 Å². The van der Waals surface area contributed by atoms with Crippen molar-refractivity contribution in [2.24, 2.45) is 0 Å². The van der Waals surface area contributed by atoms with E-state index in [1.807, 2.05) is 12.1 Å². The number of rotatable bonds is 7. The quantitative estimate of drug-likeness (QED) is 0.430. The van der Waals surface area contributed by atoms with Gasteiger partial charge in [0.25, 0.3) is 0 Å². The van der Waals surface area contributed by atoms with Crippen LogP contribution < -0.4 is 14.2 Å². The summed E-state index contributed by atoms with van der Waals surface area (Å²) in [6.07, 6.45) is -6.76. The minimum absolute atomic E-state index is 0.0546. The number of aliphatic hydroxyl groups is 4. The summed E-state index contributed by atoms with van der Waals surface area (Å²) >= 11 is 6.29. The van der Waals surface area contributed by atoms with Crippen LogP contribution in [0.3, 0.4) is 0 Å². The number of carbonyl (C=O) groups is 1. The molecule has 0 amide bonds. The van der Waals surface area contributed by atoms with Crippen molar-refractivity contribution in [3.63, 3.8) is 0 Å². The van der Waals surface area contributed by atoms with Crippen molar-refractivity contribution < 1.29 is 44.2 Å². The fraction of sp³-hybridized carbons (Fsp3) is 0.435. The van der Waals surface area contributed by atoms with Crippen LogP contribution in [0.15, 0.2) is 36.4 Å². The van der Waals surface area contributed by atoms with E-state index in [9.17, 15) is 25.2 Å². The molecule has 1 saturated heterocycles.